The Morgan fingerprint density at radius 1 is 0.638 bits per heavy atom. The molecule has 0 bridgehead atoms. The first-order chi connectivity index (χ1) is 25.7. The van der Waals surface area contributed by atoms with Gasteiger partial charge in [0.1, 0.15) is 0 Å². The first-order valence-corrected chi connectivity index (χ1v) is 23.3. The fourth-order valence-electron chi connectivity index (χ4n) is 8.75. The van der Waals surface area contributed by atoms with Crippen LogP contribution in [0.15, 0.2) is 87.7 Å². The average molecular weight is 919 g/mol. The molecule has 0 saturated heterocycles. The quantitative estimate of drug-likeness (QED) is 0.157. The number of aryl methyl sites for hydroxylation is 1. The average Bonchev–Trinajstić information content (AvgIpc) is 3.67. The Balaban J connectivity index is 0.00000372. The maximum atomic E-state index is 14.0. The van der Waals surface area contributed by atoms with Gasteiger partial charge in [0.05, 0.1) is 0 Å². The third kappa shape index (κ3) is 9.28. The van der Waals surface area contributed by atoms with Crippen LogP contribution in [0.25, 0.3) is 11.1 Å². The van der Waals surface area contributed by atoms with E-state index < -0.39 is 44.7 Å². The second-order valence-corrected chi connectivity index (χ2v) is 24.6. The molecule has 0 radical (unpaired) electrons. The predicted octanol–water partition coefficient (Wildman–Crippen LogP) is 7.92. The van der Waals surface area contributed by atoms with Crippen LogP contribution < -0.4 is 28.1 Å². The van der Waals surface area contributed by atoms with Gasteiger partial charge in [0, 0.05) is 0 Å². The summed E-state index contributed by atoms with van der Waals surface area (Å²) in [6, 6.07) is 17.7. The van der Waals surface area contributed by atoms with Gasteiger partial charge >= 0.3 is 339 Å². The molecule has 6 rings (SSSR count). The normalized spacial score (nSPS) is 15.4. The summed E-state index contributed by atoms with van der Waals surface area (Å²) in [7, 11) is 0. The van der Waals surface area contributed by atoms with Crippen molar-refractivity contribution in [2.75, 3.05) is 0 Å². The molecule has 1 unspecified atom stereocenters. The van der Waals surface area contributed by atoms with Crippen LogP contribution in [0.3, 0.4) is 0 Å². The van der Waals surface area contributed by atoms with E-state index in [9.17, 15) is 26.3 Å². The van der Waals surface area contributed by atoms with Gasteiger partial charge in [0.25, 0.3) is 0 Å². The molecule has 4 aromatic carbocycles. The zero-order valence-electron chi connectivity index (χ0n) is 35.5. The molecule has 1 atom stereocenters. The Kier molecular flexibility index (Phi) is 13.7. The summed E-state index contributed by atoms with van der Waals surface area (Å²) in [6.45, 7) is 26.5. The molecule has 0 heterocycles. The van der Waals surface area contributed by atoms with E-state index in [0.717, 1.165) is 40.3 Å². The molecule has 0 saturated carbocycles. The zero-order chi connectivity index (χ0) is 41.5. The van der Waals surface area contributed by atoms with Gasteiger partial charge < -0.3 is 24.8 Å². The van der Waals surface area contributed by atoms with Gasteiger partial charge in [-0.2, -0.15) is 0 Å². The van der Waals surface area contributed by atoms with Crippen LogP contribution in [-0.2, 0) is 50.9 Å². The first kappa shape index (κ1) is 47.9. The van der Waals surface area contributed by atoms with E-state index in [2.05, 4.69) is 113 Å². The summed E-state index contributed by atoms with van der Waals surface area (Å²) in [5.74, 6) is 0.0874. The number of halogens is 8. The van der Waals surface area contributed by atoms with Crippen LogP contribution in [0, 0.1) is 25.2 Å². The molecule has 0 spiro atoms. The molecule has 58 heavy (non-hydrogen) atoms. The van der Waals surface area contributed by atoms with Crippen LogP contribution >= 0.6 is 0 Å². The van der Waals surface area contributed by atoms with Crippen LogP contribution in [0.4, 0.5) is 26.3 Å². The summed E-state index contributed by atoms with van der Waals surface area (Å²) in [4.78, 5) is 0. The summed E-state index contributed by atoms with van der Waals surface area (Å²) in [5, 5.41) is 0. The van der Waals surface area contributed by atoms with Crippen molar-refractivity contribution < 1.29 is 72.4 Å². The molecule has 9 heteroatoms. The standard InChI is InChI=1S/C23H29.C15H8F6.C11H17.2ClH.Zr/c1-14-9-16-11-17-10-15(2)21(23(6,7)8)13-19(17)18(16)12-20(14)22(3,4)5;16-14(17,18)12-5-1-10(2-6-12)9-11-3-7-13(8-4-11)15(19,20)21;1-5-9-6-7-10(8-9)11(2,3)4;;;/h9,12-13H,11H2,1-8H3;1-8H;7-9H,5H2,1-4H3;2*1H;/q;;;;;+2/p-2. The van der Waals surface area contributed by atoms with Crippen molar-refractivity contribution >= 4 is 6.48 Å². The molecular formula is C49H54Cl2F6Zr. The number of hydrogen-bond donors (Lipinski definition) is 0. The second-order valence-electron chi connectivity index (χ2n) is 18.8. The summed E-state index contributed by atoms with van der Waals surface area (Å²) < 4.78 is 87.6. The third-order valence-electron chi connectivity index (χ3n) is 11.6. The Morgan fingerprint density at radius 2 is 1.10 bits per heavy atom. The number of allylic oxidation sites excluding steroid dienone is 4. The fraction of sp³-hybridized carbons (Fsp3) is 0.408. The second kappa shape index (κ2) is 16.6. The monoisotopic (exact) mass is 916 g/mol. The number of rotatable bonds is 5. The topological polar surface area (TPSA) is 0 Å². The van der Waals surface area contributed by atoms with Gasteiger partial charge in [0.2, 0.25) is 0 Å². The Labute approximate surface area is 361 Å². The molecule has 0 amide bonds. The van der Waals surface area contributed by atoms with Crippen molar-refractivity contribution in [3.05, 3.63) is 143 Å². The molecule has 0 fully saturated rings. The van der Waals surface area contributed by atoms with Crippen molar-refractivity contribution in [2.24, 2.45) is 11.3 Å². The number of hydrogen-bond acceptors (Lipinski definition) is 0. The minimum Gasteiger partial charge on any atom is -1.00 e. The molecule has 310 valence electrons. The largest absolute Gasteiger partial charge is 1.00 e. The molecule has 0 aliphatic heterocycles. The first-order valence-electron chi connectivity index (χ1n) is 19.6. The Bertz CT molecular complexity index is 2230. The molecule has 0 aromatic heterocycles. The zero-order valence-corrected chi connectivity index (χ0v) is 39.5. The molecule has 0 nitrogen and oxygen atoms in total. The Morgan fingerprint density at radius 3 is 1.52 bits per heavy atom. The number of fused-ring (bicyclic) bond motifs is 3. The minimum absolute atomic E-state index is 0. The van der Waals surface area contributed by atoms with Crippen LogP contribution in [0.1, 0.15) is 131 Å². The Hall–Kier alpha value is -2.73. The molecule has 2 aliphatic carbocycles. The van der Waals surface area contributed by atoms with Gasteiger partial charge in [-0.3, -0.25) is 0 Å². The van der Waals surface area contributed by atoms with Crippen molar-refractivity contribution in [2.45, 2.75) is 119 Å². The maximum absolute atomic E-state index is 14.0. The minimum atomic E-state index is -4.53. The van der Waals surface area contributed by atoms with Gasteiger partial charge in [-0.15, -0.1) is 0 Å². The predicted molar refractivity (Wildman–Crippen MR) is 217 cm³/mol. The molecule has 0 N–H and O–H groups in total. The van der Waals surface area contributed by atoms with Gasteiger partial charge in [0.15, 0.2) is 0 Å². The van der Waals surface area contributed by atoms with Gasteiger partial charge in [-0.05, 0) is 0 Å². The van der Waals surface area contributed by atoms with E-state index in [4.69, 9.17) is 0 Å². The molecule has 2 aliphatic rings. The van der Waals surface area contributed by atoms with Crippen molar-refractivity contribution in [3.8, 4) is 11.1 Å². The molecule has 4 aromatic rings. The van der Waals surface area contributed by atoms with Crippen molar-refractivity contribution in [3.63, 3.8) is 0 Å². The van der Waals surface area contributed by atoms with E-state index in [1.165, 1.54) is 56.6 Å². The van der Waals surface area contributed by atoms with Crippen LogP contribution in [0.5, 0.6) is 0 Å². The SMILES string of the molecule is CCC1C=C(C(C)(C)C)C=[C]1[Zr+2](=[C](c1ccc(C(F)(F)F)cc1)c1ccc(C(F)(F)F)cc1)[c]1c(C)c(C(C)(C)C)cc2c1Cc1cc(C)c(C(C)(C)C)cc1-2.[Cl-].[Cl-]. The van der Waals surface area contributed by atoms with Crippen LogP contribution in [0.2, 0.25) is 0 Å². The summed E-state index contributed by atoms with van der Waals surface area (Å²) in [6.07, 6.45) is -2.79. The smallest absolute Gasteiger partial charge is 1.00 e. The van der Waals surface area contributed by atoms with Crippen molar-refractivity contribution in [1.82, 2.24) is 0 Å². The maximum Gasteiger partial charge on any atom is -1.00 e. The van der Waals surface area contributed by atoms with E-state index in [0.29, 0.717) is 11.1 Å². The summed E-state index contributed by atoms with van der Waals surface area (Å²) in [5.41, 5.74) is 10.3. The van der Waals surface area contributed by atoms with Gasteiger partial charge in [-0.25, -0.2) is 0 Å². The van der Waals surface area contributed by atoms with E-state index >= 15 is 0 Å². The number of alkyl halides is 6. The van der Waals surface area contributed by atoms with Gasteiger partial charge in [-0.1, -0.05) is 0 Å². The molecular weight excluding hydrogens is 865 g/mol. The van der Waals surface area contributed by atoms with Crippen molar-refractivity contribution in [1.29, 1.82) is 0 Å². The fourth-order valence-corrected chi connectivity index (χ4v) is 17.9. The van der Waals surface area contributed by atoms with Crippen LogP contribution in [-0.4, -0.2) is 3.21 Å². The van der Waals surface area contributed by atoms with E-state index in [1.54, 1.807) is 24.3 Å². The summed E-state index contributed by atoms with van der Waals surface area (Å²) >= 11 is -3.65. The van der Waals surface area contributed by atoms with E-state index in [1.807, 2.05) is 0 Å². The van der Waals surface area contributed by atoms with E-state index in [-0.39, 0.29) is 47.0 Å². The third-order valence-corrected chi connectivity index (χ3v) is 19.8. The number of benzene rings is 4.